The van der Waals surface area contributed by atoms with Gasteiger partial charge in [-0.2, -0.15) is 0 Å². The van der Waals surface area contributed by atoms with Crippen LogP contribution in [0.3, 0.4) is 0 Å². The van der Waals surface area contributed by atoms with Gasteiger partial charge in [-0.05, 0) is 43.3 Å². The molecule has 0 radical (unpaired) electrons. The van der Waals surface area contributed by atoms with E-state index in [4.69, 9.17) is 16.3 Å². The standard InChI is InChI=1S/C20H24ClN3O2/c1-2-26-19-6-4-3-5-18(19)24-13-11-23(12-14-24)15-20(25)22-17-9-7-16(21)8-10-17/h3-10H,2,11-15H2,1H3,(H,22,25). The van der Waals surface area contributed by atoms with Crippen molar-refractivity contribution in [3.8, 4) is 5.75 Å². The number of rotatable bonds is 6. The third-order valence-electron chi connectivity index (χ3n) is 4.37. The lowest BCUT2D eigenvalue weighted by atomic mass is 10.2. The first kappa shape index (κ1) is 18.5. The van der Waals surface area contributed by atoms with Crippen LogP contribution in [-0.2, 0) is 4.79 Å². The van der Waals surface area contributed by atoms with Crippen molar-refractivity contribution in [1.29, 1.82) is 0 Å². The highest BCUT2D eigenvalue weighted by atomic mass is 35.5. The van der Waals surface area contributed by atoms with Crippen molar-refractivity contribution in [2.45, 2.75) is 6.92 Å². The van der Waals surface area contributed by atoms with Gasteiger partial charge in [0.05, 0.1) is 18.8 Å². The van der Waals surface area contributed by atoms with Crippen molar-refractivity contribution in [2.75, 3.05) is 49.5 Å². The third kappa shape index (κ3) is 4.90. The smallest absolute Gasteiger partial charge is 0.238 e. The van der Waals surface area contributed by atoms with Crippen LogP contribution in [0, 0.1) is 0 Å². The summed E-state index contributed by atoms with van der Waals surface area (Å²) in [5.74, 6) is 0.916. The maximum absolute atomic E-state index is 12.2. The van der Waals surface area contributed by atoms with E-state index in [1.165, 1.54) is 0 Å². The van der Waals surface area contributed by atoms with Gasteiger partial charge in [0, 0.05) is 36.9 Å². The Morgan fingerprint density at radius 3 is 2.46 bits per heavy atom. The number of nitrogens with zero attached hydrogens (tertiary/aromatic N) is 2. The first-order chi connectivity index (χ1) is 12.7. The lowest BCUT2D eigenvalue weighted by molar-refractivity contribution is -0.117. The second-order valence-electron chi connectivity index (χ2n) is 6.22. The van der Waals surface area contributed by atoms with Crippen molar-refractivity contribution >= 4 is 28.9 Å². The van der Waals surface area contributed by atoms with Gasteiger partial charge in [0.1, 0.15) is 5.75 Å². The molecule has 26 heavy (non-hydrogen) atoms. The monoisotopic (exact) mass is 373 g/mol. The maximum Gasteiger partial charge on any atom is 0.238 e. The first-order valence-electron chi connectivity index (χ1n) is 8.90. The van der Waals surface area contributed by atoms with E-state index >= 15 is 0 Å². The number of benzene rings is 2. The average molecular weight is 374 g/mol. The van der Waals surface area contributed by atoms with Gasteiger partial charge in [-0.3, -0.25) is 9.69 Å². The van der Waals surface area contributed by atoms with Gasteiger partial charge in [0.2, 0.25) is 5.91 Å². The molecule has 1 heterocycles. The number of amides is 1. The SMILES string of the molecule is CCOc1ccccc1N1CCN(CC(=O)Nc2ccc(Cl)cc2)CC1. The number of hydrogen-bond donors (Lipinski definition) is 1. The fourth-order valence-corrected chi connectivity index (χ4v) is 3.21. The van der Waals surface area contributed by atoms with E-state index < -0.39 is 0 Å². The van der Waals surface area contributed by atoms with Crippen molar-refractivity contribution < 1.29 is 9.53 Å². The molecule has 0 atom stereocenters. The summed E-state index contributed by atoms with van der Waals surface area (Å²) in [5, 5.41) is 3.57. The number of ether oxygens (including phenoxy) is 1. The molecule has 1 N–H and O–H groups in total. The second-order valence-corrected chi connectivity index (χ2v) is 6.66. The fourth-order valence-electron chi connectivity index (χ4n) is 3.08. The largest absolute Gasteiger partial charge is 0.492 e. The molecule has 1 saturated heterocycles. The quantitative estimate of drug-likeness (QED) is 0.841. The molecule has 0 aromatic heterocycles. The van der Waals surface area contributed by atoms with E-state index in [-0.39, 0.29) is 5.91 Å². The molecule has 0 unspecified atom stereocenters. The molecule has 0 bridgehead atoms. The van der Waals surface area contributed by atoms with Crippen LogP contribution in [0.4, 0.5) is 11.4 Å². The Kier molecular flexibility index (Phi) is 6.36. The Bertz CT molecular complexity index is 728. The molecule has 1 fully saturated rings. The Balaban J connectivity index is 1.51. The zero-order chi connectivity index (χ0) is 18.4. The molecule has 1 aliphatic rings. The Hall–Kier alpha value is -2.24. The van der Waals surface area contributed by atoms with E-state index in [0.29, 0.717) is 18.2 Å². The van der Waals surface area contributed by atoms with Crippen LogP contribution in [0.25, 0.3) is 0 Å². The molecule has 0 aliphatic carbocycles. The van der Waals surface area contributed by atoms with E-state index in [9.17, 15) is 4.79 Å². The van der Waals surface area contributed by atoms with Crippen molar-refractivity contribution in [2.24, 2.45) is 0 Å². The maximum atomic E-state index is 12.2. The summed E-state index contributed by atoms with van der Waals surface area (Å²) in [4.78, 5) is 16.7. The Morgan fingerprint density at radius 2 is 1.77 bits per heavy atom. The second kappa shape index (κ2) is 8.92. The molecular formula is C20H24ClN3O2. The van der Waals surface area contributed by atoms with Gasteiger partial charge in [0.25, 0.3) is 0 Å². The molecule has 2 aromatic carbocycles. The van der Waals surface area contributed by atoms with Crippen molar-refractivity contribution in [3.05, 3.63) is 53.6 Å². The van der Waals surface area contributed by atoms with Crippen LogP contribution < -0.4 is 15.0 Å². The number of piperazine rings is 1. The van der Waals surface area contributed by atoms with Gasteiger partial charge in [-0.15, -0.1) is 0 Å². The molecule has 3 rings (SSSR count). The van der Waals surface area contributed by atoms with Gasteiger partial charge in [0.15, 0.2) is 0 Å². The Labute approximate surface area is 159 Å². The minimum atomic E-state index is -0.00418. The normalized spacial score (nSPS) is 14.9. The van der Waals surface area contributed by atoms with Gasteiger partial charge in [-0.1, -0.05) is 23.7 Å². The van der Waals surface area contributed by atoms with Crippen LogP contribution >= 0.6 is 11.6 Å². The average Bonchev–Trinajstić information content (AvgIpc) is 2.65. The number of hydrogen-bond acceptors (Lipinski definition) is 4. The van der Waals surface area contributed by atoms with E-state index in [2.05, 4.69) is 21.2 Å². The molecule has 0 spiro atoms. The molecular weight excluding hydrogens is 350 g/mol. The molecule has 2 aromatic rings. The highest BCUT2D eigenvalue weighted by molar-refractivity contribution is 6.30. The predicted octanol–water partition coefficient (Wildman–Crippen LogP) is 3.50. The third-order valence-corrected chi connectivity index (χ3v) is 4.63. The number of nitrogens with one attached hydrogen (secondary N) is 1. The van der Waals surface area contributed by atoms with Gasteiger partial charge in [-0.25, -0.2) is 0 Å². The fraction of sp³-hybridized carbons (Fsp3) is 0.350. The summed E-state index contributed by atoms with van der Waals surface area (Å²) < 4.78 is 5.73. The summed E-state index contributed by atoms with van der Waals surface area (Å²) in [7, 11) is 0. The summed E-state index contributed by atoms with van der Waals surface area (Å²) in [6.45, 7) is 6.47. The van der Waals surface area contributed by atoms with E-state index in [1.807, 2.05) is 37.3 Å². The first-order valence-corrected chi connectivity index (χ1v) is 9.28. The number of halogens is 1. The molecule has 5 nitrogen and oxygen atoms in total. The number of para-hydroxylation sites is 2. The van der Waals surface area contributed by atoms with Gasteiger partial charge < -0.3 is 15.0 Å². The zero-order valence-electron chi connectivity index (χ0n) is 15.0. The molecule has 0 saturated carbocycles. The lowest BCUT2D eigenvalue weighted by Crippen LogP contribution is -2.48. The predicted molar refractivity (Wildman–Crippen MR) is 106 cm³/mol. The van der Waals surface area contributed by atoms with Crippen LogP contribution in [0.15, 0.2) is 48.5 Å². The highest BCUT2D eigenvalue weighted by Gasteiger charge is 2.21. The van der Waals surface area contributed by atoms with Crippen LogP contribution in [0.1, 0.15) is 6.92 Å². The highest BCUT2D eigenvalue weighted by Crippen LogP contribution is 2.28. The summed E-state index contributed by atoms with van der Waals surface area (Å²) in [5.41, 5.74) is 1.89. The van der Waals surface area contributed by atoms with Crippen LogP contribution in [-0.4, -0.2) is 50.1 Å². The molecule has 1 amide bonds. The Morgan fingerprint density at radius 1 is 1.08 bits per heavy atom. The number of carbonyl (C=O) groups is 1. The summed E-state index contributed by atoms with van der Waals surface area (Å²) >= 11 is 5.86. The van der Waals surface area contributed by atoms with Gasteiger partial charge >= 0.3 is 0 Å². The summed E-state index contributed by atoms with van der Waals surface area (Å²) in [6.07, 6.45) is 0. The lowest BCUT2D eigenvalue weighted by Gasteiger charge is -2.36. The molecule has 6 heteroatoms. The minimum absolute atomic E-state index is 0.00418. The molecule has 1 aliphatic heterocycles. The minimum Gasteiger partial charge on any atom is -0.492 e. The topological polar surface area (TPSA) is 44.8 Å². The number of anilines is 2. The number of carbonyl (C=O) groups excluding carboxylic acids is 1. The summed E-state index contributed by atoms with van der Waals surface area (Å²) in [6, 6.07) is 15.3. The van der Waals surface area contributed by atoms with Crippen LogP contribution in [0.2, 0.25) is 5.02 Å². The van der Waals surface area contributed by atoms with Crippen molar-refractivity contribution in [1.82, 2.24) is 4.90 Å². The van der Waals surface area contributed by atoms with Crippen molar-refractivity contribution in [3.63, 3.8) is 0 Å². The van der Waals surface area contributed by atoms with Crippen LogP contribution in [0.5, 0.6) is 5.75 Å². The van der Waals surface area contributed by atoms with E-state index in [0.717, 1.165) is 43.3 Å². The van der Waals surface area contributed by atoms with E-state index in [1.54, 1.807) is 12.1 Å². The molecule has 138 valence electrons. The zero-order valence-corrected chi connectivity index (χ0v) is 15.7.